The lowest BCUT2D eigenvalue weighted by Gasteiger charge is -2.19. The Labute approximate surface area is 118 Å². The van der Waals surface area contributed by atoms with Crippen LogP contribution in [0, 0.1) is 17.2 Å². The van der Waals surface area contributed by atoms with Crippen LogP contribution in [-0.2, 0) is 13.5 Å². The fourth-order valence-electron chi connectivity index (χ4n) is 2.87. The zero-order chi connectivity index (χ0) is 13.9. The first-order chi connectivity index (χ1) is 9.76. The van der Waals surface area contributed by atoms with Gasteiger partial charge in [-0.2, -0.15) is 10.4 Å². The number of hydrogen-bond donors (Lipinski definition) is 0. The third-order valence-electron chi connectivity index (χ3n) is 3.80. The van der Waals surface area contributed by atoms with Crippen LogP contribution < -0.4 is 4.90 Å². The first-order valence-electron chi connectivity index (χ1n) is 6.84. The van der Waals surface area contributed by atoms with Gasteiger partial charge in [0.15, 0.2) is 5.69 Å². The van der Waals surface area contributed by atoms with Crippen molar-refractivity contribution in [1.29, 1.82) is 5.26 Å². The number of rotatable bonds is 3. The summed E-state index contributed by atoms with van der Waals surface area (Å²) in [4.78, 5) is 6.41. The molecule has 5 heteroatoms. The summed E-state index contributed by atoms with van der Waals surface area (Å²) in [7, 11) is 1.94. The molecule has 1 unspecified atom stereocenters. The van der Waals surface area contributed by atoms with Crippen molar-refractivity contribution in [2.75, 3.05) is 18.0 Å². The van der Waals surface area contributed by atoms with Gasteiger partial charge in [0.25, 0.3) is 0 Å². The van der Waals surface area contributed by atoms with E-state index in [2.05, 4.69) is 27.2 Å². The van der Waals surface area contributed by atoms with Gasteiger partial charge in [-0.25, -0.2) is 4.98 Å². The van der Waals surface area contributed by atoms with E-state index in [9.17, 15) is 0 Å². The van der Waals surface area contributed by atoms with Gasteiger partial charge in [-0.15, -0.1) is 0 Å². The van der Waals surface area contributed by atoms with Crippen molar-refractivity contribution in [3.8, 4) is 6.07 Å². The van der Waals surface area contributed by atoms with Crippen LogP contribution in [0.5, 0.6) is 0 Å². The van der Waals surface area contributed by atoms with Gasteiger partial charge < -0.3 is 4.90 Å². The maximum absolute atomic E-state index is 9.13. The Kier molecular flexibility index (Phi) is 3.38. The van der Waals surface area contributed by atoms with Crippen molar-refractivity contribution in [2.24, 2.45) is 13.0 Å². The summed E-state index contributed by atoms with van der Waals surface area (Å²) in [6.07, 6.45) is 7.88. The second-order valence-electron chi connectivity index (χ2n) is 5.31. The highest BCUT2D eigenvalue weighted by molar-refractivity contribution is 5.56. The van der Waals surface area contributed by atoms with Crippen molar-refractivity contribution >= 4 is 5.69 Å². The van der Waals surface area contributed by atoms with Gasteiger partial charge in [0, 0.05) is 32.5 Å². The predicted molar refractivity (Wildman–Crippen MR) is 76.2 cm³/mol. The molecule has 5 nitrogen and oxygen atoms in total. The minimum absolute atomic E-state index is 0.523. The van der Waals surface area contributed by atoms with E-state index >= 15 is 0 Å². The standard InChI is InChI=1S/C15H17N5/c1-19-10-13(9-18-19)7-12-4-6-20(11-12)15-3-2-5-17-14(15)8-16/h2-3,5,9-10,12H,4,6-7,11H2,1H3. The molecule has 20 heavy (non-hydrogen) atoms. The topological polar surface area (TPSA) is 57.7 Å². The number of anilines is 1. The minimum Gasteiger partial charge on any atom is -0.369 e. The second-order valence-corrected chi connectivity index (χ2v) is 5.31. The molecule has 1 aliphatic heterocycles. The highest BCUT2D eigenvalue weighted by Gasteiger charge is 2.25. The maximum atomic E-state index is 9.13. The Balaban J connectivity index is 1.69. The van der Waals surface area contributed by atoms with Crippen LogP contribution in [-0.4, -0.2) is 27.9 Å². The van der Waals surface area contributed by atoms with E-state index in [0.717, 1.165) is 31.6 Å². The molecule has 0 amide bonds. The van der Waals surface area contributed by atoms with Crippen molar-refractivity contribution in [2.45, 2.75) is 12.8 Å². The summed E-state index contributed by atoms with van der Waals surface area (Å²) in [5.41, 5.74) is 2.77. The molecular formula is C15H17N5. The van der Waals surface area contributed by atoms with E-state index < -0.39 is 0 Å². The van der Waals surface area contributed by atoms with Crippen LogP contribution in [0.25, 0.3) is 0 Å². The maximum Gasteiger partial charge on any atom is 0.163 e. The van der Waals surface area contributed by atoms with Crippen molar-refractivity contribution < 1.29 is 0 Å². The molecule has 3 rings (SSSR count). The molecule has 3 heterocycles. The SMILES string of the molecule is Cn1cc(CC2CCN(c3cccnc3C#N)C2)cn1. The van der Waals surface area contributed by atoms with Gasteiger partial charge in [0.1, 0.15) is 6.07 Å². The van der Waals surface area contributed by atoms with Gasteiger partial charge in [0.05, 0.1) is 11.9 Å². The zero-order valence-electron chi connectivity index (χ0n) is 11.5. The van der Waals surface area contributed by atoms with Crippen molar-refractivity contribution in [3.63, 3.8) is 0 Å². The molecule has 0 saturated carbocycles. The third-order valence-corrected chi connectivity index (χ3v) is 3.80. The molecule has 0 aromatic carbocycles. The monoisotopic (exact) mass is 267 g/mol. The lowest BCUT2D eigenvalue weighted by molar-refractivity contribution is 0.586. The van der Waals surface area contributed by atoms with Crippen LogP contribution in [0.2, 0.25) is 0 Å². The minimum atomic E-state index is 0.523. The normalized spacial score (nSPS) is 18.2. The molecule has 2 aromatic rings. The number of hydrogen-bond acceptors (Lipinski definition) is 4. The fraction of sp³-hybridized carbons (Fsp3) is 0.400. The van der Waals surface area contributed by atoms with Gasteiger partial charge in [-0.3, -0.25) is 4.68 Å². The Morgan fingerprint density at radius 3 is 3.15 bits per heavy atom. The number of nitriles is 1. The molecule has 0 N–H and O–H groups in total. The third kappa shape index (κ3) is 2.50. The predicted octanol–water partition coefficient (Wildman–Crippen LogP) is 1.76. The van der Waals surface area contributed by atoms with E-state index in [4.69, 9.17) is 5.26 Å². The first kappa shape index (κ1) is 12.7. The van der Waals surface area contributed by atoms with Crippen molar-refractivity contribution in [3.05, 3.63) is 42.0 Å². The summed E-state index contributed by atoms with van der Waals surface area (Å²) in [5, 5.41) is 13.3. The molecule has 1 fully saturated rings. The summed E-state index contributed by atoms with van der Waals surface area (Å²) in [5.74, 6) is 0.617. The molecule has 2 aromatic heterocycles. The van der Waals surface area contributed by atoms with E-state index in [0.29, 0.717) is 11.6 Å². The van der Waals surface area contributed by atoms with Crippen LogP contribution >= 0.6 is 0 Å². The molecule has 1 saturated heterocycles. The molecule has 1 atom stereocenters. The molecule has 0 radical (unpaired) electrons. The van der Waals surface area contributed by atoms with Crippen LogP contribution in [0.3, 0.4) is 0 Å². The number of aryl methyl sites for hydroxylation is 1. The van der Waals surface area contributed by atoms with Crippen molar-refractivity contribution in [1.82, 2.24) is 14.8 Å². The lowest BCUT2D eigenvalue weighted by Crippen LogP contribution is -2.21. The summed E-state index contributed by atoms with van der Waals surface area (Å²) in [6.45, 7) is 1.97. The zero-order valence-corrected chi connectivity index (χ0v) is 11.5. The second kappa shape index (κ2) is 5.33. The summed E-state index contributed by atoms with van der Waals surface area (Å²) < 4.78 is 1.84. The molecular weight excluding hydrogens is 250 g/mol. The molecule has 0 spiro atoms. The van der Waals surface area contributed by atoms with Crippen LogP contribution in [0.1, 0.15) is 17.7 Å². The number of aromatic nitrogens is 3. The van der Waals surface area contributed by atoms with Crippen LogP contribution in [0.4, 0.5) is 5.69 Å². The summed E-state index contributed by atoms with van der Waals surface area (Å²) >= 11 is 0. The molecule has 1 aliphatic rings. The van der Waals surface area contributed by atoms with Gasteiger partial charge >= 0.3 is 0 Å². The smallest absolute Gasteiger partial charge is 0.163 e. The highest BCUT2D eigenvalue weighted by atomic mass is 15.2. The lowest BCUT2D eigenvalue weighted by atomic mass is 10.0. The molecule has 102 valence electrons. The van der Waals surface area contributed by atoms with E-state index in [-0.39, 0.29) is 0 Å². The van der Waals surface area contributed by atoms with Gasteiger partial charge in [-0.05, 0) is 36.5 Å². The average molecular weight is 267 g/mol. The average Bonchev–Trinajstić information content (AvgIpc) is 3.08. The van der Waals surface area contributed by atoms with E-state index in [1.165, 1.54) is 5.56 Å². The Bertz CT molecular complexity index is 640. The quantitative estimate of drug-likeness (QED) is 0.850. The Morgan fingerprint density at radius 1 is 1.50 bits per heavy atom. The first-order valence-corrected chi connectivity index (χ1v) is 6.84. The highest BCUT2D eigenvalue weighted by Crippen LogP contribution is 2.27. The largest absolute Gasteiger partial charge is 0.369 e. The van der Waals surface area contributed by atoms with E-state index in [1.54, 1.807) is 6.20 Å². The number of pyridine rings is 1. The Hall–Kier alpha value is -2.35. The van der Waals surface area contributed by atoms with Gasteiger partial charge in [-0.1, -0.05) is 0 Å². The Morgan fingerprint density at radius 2 is 2.40 bits per heavy atom. The number of nitrogens with zero attached hydrogens (tertiary/aromatic N) is 5. The molecule has 0 aliphatic carbocycles. The fourth-order valence-corrected chi connectivity index (χ4v) is 2.87. The molecule has 0 bridgehead atoms. The van der Waals surface area contributed by atoms with E-state index in [1.807, 2.05) is 30.1 Å². The van der Waals surface area contributed by atoms with Gasteiger partial charge in [0.2, 0.25) is 0 Å². The summed E-state index contributed by atoms with van der Waals surface area (Å²) in [6, 6.07) is 6.05. The van der Waals surface area contributed by atoms with Crippen LogP contribution in [0.15, 0.2) is 30.7 Å².